The van der Waals surface area contributed by atoms with Gasteiger partial charge in [0.15, 0.2) is 9.84 Å². The van der Waals surface area contributed by atoms with E-state index in [1.165, 1.54) is 12.8 Å². The third-order valence-electron chi connectivity index (χ3n) is 4.63. The van der Waals surface area contributed by atoms with Crippen molar-refractivity contribution < 1.29 is 18.3 Å². The zero-order valence-electron chi connectivity index (χ0n) is 13.0. The van der Waals surface area contributed by atoms with Gasteiger partial charge in [-0.2, -0.15) is 0 Å². The maximum absolute atomic E-state index is 11.3. The number of rotatable bonds is 7. The number of aliphatic hydroxyl groups is 1. The average molecular weight is 319 g/mol. The minimum absolute atomic E-state index is 0.197. The molecule has 1 heterocycles. The molecule has 2 rings (SSSR count). The molecule has 2 aliphatic rings. The number of hydrogen-bond donors (Lipinski definition) is 2. The third kappa shape index (κ3) is 6.22. The summed E-state index contributed by atoms with van der Waals surface area (Å²) in [5, 5.41) is 13.1. The zero-order chi connectivity index (χ0) is 15.3. The van der Waals surface area contributed by atoms with E-state index in [1.54, 1.807) is 0 Å². The summed E-state index contributed by atoms with van der Waals surface area (Å²) in [5.41, 5.74) is 0. The second kappa shape index (κ2) is 7.90. The maximum Gasteiger partial charge on any atom is 0.150 e. The van der Waals surface area contributed by atoms with Gasteiger partial charge in [0.1, 0.15) is 0 Å². The van der Waals surface area contributed by atoms with Crippen molar-refractivity contribution in [2.24, 2.45) is 11.8 Å². The Morgan fingerprint density at radius 1 is 1.24 bits per heavy atom. The predicted octanol–water partition coefficient (Wildman–Crippen LogP) is 0.967. The van der Waals surface area contributed by atoms with Crippen molar-refractivity contribution in [3.63, 3.8) is 0 Å². The minimum Gasteiger partial charge on any atom is -0.389 e. The van der Waals surface area contributed by atoms with Gasteiger partial charge in [-0.15, -0.1) is 0 Å². The van der Waals surface area contributed by atoms with Gasteiger partial charge in [-0.3, -0.25) is 0 Å². The molecular weight excluding hydrogens is 290 g/mol. The van der Waals surface area contributed by atoms with Crippen LogP contribution in [0, 0.1) is 11.8 Å². The van der Waals surface area contributed by atoms with E-state index in [9.17, 15) is 13.5 Å². The van der Waals surface area contributed by atoms with Crippen LogP contribution in [0.5, 0.6) is 0 Å². The molecule has 5 nitrogen and oxygen atoms in total. The lowest BCUT2D eigenvalue weighted by Gasteiger charge is -2.27. The van der Waals surface area contributed by atoms with E-state index in [0.29, 0.717) is 31.6 Å². The second-order valence-corrected chi connectivity index (χ2v) is 9.03. The highest BCUT2D eigenvalue weighted by Gasteiger charge is 2.27. The summed E-state index contributed by atoms with van der Waals surface area (Å²) < 4.78 is 28.4. The Balaban J connectivity index is 1.53. The maximum atomic E-state index is 11.3. The van der Waals surface area contributed by atoms with Crippen LogP contribution in [-0.4, -0.2) is 56.9 Å². The lowest BCUT2D eigenvalue weighted by atomic mass is 9.89. The van der Waals surface area contributed by atoms with E-state index in [4.69, 9.17) is 4.74 Å². The molecule has 2 fully saturated rings. The first kappa shape index (κ1) is 17.2. The third-order valence-corrected chi connectivity index (χ3v) is 6.46. The molecule has 21 heavy (non-hydrogen) atoms. The summed E-state index contributed by atoms with van der Waals surface area (Å²) in [4.78, 5) is 0. The smallest absolute Gasteiger partial charge is 0.150 e. The van der Waals surface area contributed by atoms with Crippen LogP contribution < -0.4 is 5.32 Å². The molecule has 6 heteroatoms. The van der Waals surface area contributed by atoms with Crippen molar-refractivity contribution >= 4 is 9.84 Å². The lowest BCUT2D eigenvalue weighted by Crippen LogP contribution is -2.35. The topological polar surface area (TPSA) is 75.6 Å². The first-order chi connectivity index (χ1) is 9.94. The first-order valence-electron chi connectivity index (χ1n) is 8.15. The van der Waals surface area contributed by atoms with E-state index >= 15 is 0 Å². The van der Waals surface area contributed by atoms with Crippen LogP contribution in [0.3, 0.4) is 0 Å². The van der Waals surface area contributed by atoms with Gasteiger partial charge in [0.25, 0.3) is 0 Å². The molecule has 0 radical (unpaired) electrons. The molecule has 2 unspecified atom stereocenters. The summed E-state index contributed by atoms with van der Waals surface area (Å²) >= 11 is 0. The van der Waals surface area contributed by atoms with E-state index in [-0.39, 0.29) is 11.7 Å². The van der Waals surface area contributed by atoms with Gasteiger partial charge >= 0.3 is 0 Å². The fourth-order valence-electron chi connectivity index (χ4n) is 3.19. The Kier molecular flexibility index (Phi) is 6.47. The van der Waals surface area contributed by atoms with Gasteiger partial charge in [0.2, 0.25) is 0 Å². The Morgan fingerprint density at radius 3 is 2.57 bits per heavy atom. The zero-order valence-corrected chi connectivity index (χ0v) is 13.8. The molecule has 2 atom stereocenters. The molecular formula is C15H29NO4S. The van der Waals surface area contributed by atoms with Crippen LogP contribution in [0.1, 0.15) is 39.0 Å². The highest BCUT2D eigenvalue weighted by molar-refractivity contribution is 7.91. The van der Waals surface area contributed by atoms with Gasteiger partial charge in [-0.25, -0.2) is 8.42 Å². The summed E-state index contributed by atoms with van der Waals surface area (Å²) in [6.07, 6.45) is 5.16. The average Bonchev–Trinajstić information content (AvgIpc) is 2.78. The molecule has 0 spiro atoms. The summed E-state index contributed by atoms with van der Waals surface area (Å²) in [6.45, 7) is 3.78. The Hall–Kier alpha value is -0.170. The van der Waals surface area contributed by atoms with Crippen molar-refractivity contribution in [2.45, 2.75) is 51.2 Å². The fourth-order valence-corrected chi connectivity index (χ4v) is 5.05. The number of hydrogen-bond acceptors (Lipinski definition) is 5. The number of ether oxygens (including phenoxy) is 1. The lowest BCUT2D eigenvalue weighted by molar-refractivity contribution is -0.0279. The summed E-state index contributed by atoms with van der Waals surface area (Å²) in [7, 11) is -2.80. The molecule has 124 valence electrons. The van der Waals surface area contributed by atoms with Crippen LogP contribution in [-0.2, 0) is 14.6 Å². The standard InChI is InChI=1S/C15H29NO4S/c1-12-2-4-15(5-3-12)20-10-14(17)9-16-8-13-6-7-21(18,19)11-13/h12-17H,2-11H2,1H3. The fraction of sp³-hybridized carbons (Fsp3) is 1.00. The Bertz CT molecular complexity index is 404. The normalized spacial score (nSPS) is 33.9. The van der Waals surface area contributed by atoms with Crippen molar-refractivity contribution in [3.05, 3.63) is 0 Å². The van der Waals surface area contributed by atoms with Crippen LogP contribution in [0.15, 0.2) is 0 Å². The van der Waals surface area contributed by atoms with Crippen LogP contribution >= 0.6 is 0 Å². The number of sulfone groups is 1. The quantitative estimate of drug-likeness (QED) is 0.731. The van der Waals surface area contributed by atoms with Crippen molar-refractivity contribution in [1.29, 1.82) is 0 Å². The highest BCUT2D eigenvalue weighted by atomic mass is 32.2. The predicted molar refractivity (Wildman–Crippen MR) is 83.0 cm³/mol. The van der Waals surface area contributed by atoms with E-state index in [2.05, 4.69) is 12.2 Å². The molecule has 2 N–H and O–H groups in total. The molecule has 1 aliphatic heterocycles. The SMILES string of the molecule is CC1CCC(OCC(O)CNCC2CCS(=O)(=O)C2)CC1. The van der Waals surface area contributed by atoms with Gasteiger partial charge < -0.3 is 15.2 Å². The van der Waals surface area contributed by atoms with Crippen LogP contribution in [0.4, 0.5) is 0 Å². The molecule has 1 aliphatic carbocycles. The number of aliphatic hydroxyl groups excluding tert-OH is 1. The second-order valence-electron chi connectivity index (χ2n) is 6.80. The van der Waals surface area contributed by atoms with Crippen molar-refractivity contribution in [2.75, 3.05) is 31.2 Å². The van der Waals surface area contributed by atoms with Gasteiger partial charge in [-0.05, 0) is 50.5 Å². The van der Waals surface area contributed by atoms with Crippen molar-refractivity contribution in [3.8, 4) is 0 Å². The monoisotopic (exact) mass is 319 g/mol. The molecule has 0 bridgehead atoms. The Labute approximate surface area is 128 Å². The first-order valence-corrected chi connectivity index (χ1v) is 9.97. The molecule has 0 aromatic carbocycles. The van der Waals surface area contributed by atoms with Gasteiger partial charge in [-0.1, -0.05) is 6.92 Å². The summed E-state index contributed by atoms with van der Waals surface area (Å²) in [5.74, 6) is 1.60. The van der Waals surface area contributed by atoms with E-state index in [0.717, 1.165) is 25.2 Å². The molecule has 1 saturated carbocycles. The minimum atomic E-state index is -2.80. The molecule has 0 aromatic heterocycles. The van der Waals surface area contributed by atoms with Gasteiger partial charge in [0, 0.05) is 6.54 Å². The largest absolute Gasteiger partial charge is 0.389 e. The number of nitrogens with one attached hydrogen (secondary N) is 1. The Morgan fingerprint density at radius 2 is 1.95 bits per heavy atom. The molecule has 1 saturated heterocycles. The van der Waals surface area contributed by atoms with Crippen LogP contribution in [0.25, 0.3) is 0 Å². The van der Waals surface area contributed by atoms with E-state index < -0.39 is 15.9 Å². The highest BCUT2D eigenvalue weighted by Crippen LogP contribution is 2.25. The molecule has 0 aromatic rings. The summed E-state index contributed by atoms with van der Waals surface area (Å²) in [6, 6.07) is 0. The van der Waals surface area contributed by atoms with Crippen LogP contribution in [0.2, 0.25) is 0 Å². The van der Waals surface area contributed by atoms with Gasteiger partial charge in [0.05, 0.1) is 30.3 Å². The van der Waals surface area contributed by atoms with E-state index in [1.807, 2.05) is 0 Å². The van der Waals surface area contributed by atoms with Crippen molar-refractivity contribution in [1.82, 2.24) is 5.32 Å². The molecule has 0 amide bonds.